The van der Waals surface area contributed by atoms with E-state index in [1.165, 1.54) is 0 Å². The van der Waals surface area contributed by atoms with Crippen molar-refractivity contribution < 1.29 is 22.4 Å². The summed E-state index contributed by atoms with van der Waals surface area (Å²) in [5.41, 5.74) is -0.352. The molecule has 0 saturated heterocycles. The molecule has 0 amide bonds. The van der Waals surface area contributed by atoms with Gasteiger partial charge in [-0.05, 0) is 23.8 Å². The van der Waals surface area contributed by atoms with Crippen molar-refractivity contribution in [3.05, 3.63) is 35.4 Å². The van der Waals surface area contributed by atoms with E-state index in [4.69, 9.17) is 0 Å². The molecule has 0 heterocycles. The molecular weight excluding hydrogens is 200 g/mol. The maximum atomic E-state index is 12.8. The molecule has 76 valence electrons. The van der Waals surface area contributed by atoms with Gasteiger partial charge in [0.05, 0.1) is 0 Å². The number of carbonyl (C=O) groups is 1. The summed E-state index contributed by atoms with van der Waals surface area (Å²) in [6.07, 6.45) is -3.95. The molecular formula is C9H6F4O. The van der Waals surface area contributed by atoms with Crippen LogP contribution in [0.25, 0.3) is 0 Å². The first-order valence-electron chi connectivity index (χ1n) is 3.75. The van der Waals surface area contributed by atoms with Crippen LogP contribution >= 0.6 is 0 Å². The summed E-state index contributed by atoms with van der Waals surface area (Å²) in [5.74, 6) is -3.04. The summed E-state index contributed by atoms with van der Waals surface area (Å²) in [7, 11) is 0. The molecule has 0 unspecified atom stereocenters. The Morgan fingerprint density at radius 1 is 1.29 bits per heavy atom. The van der Waals surface area contributed by atoms with E-state index in [1.54, 1.807) is 0 Å². The summed E-state index contributed by atoms with van der Waals surface area (Å²) in [6.45, 7) is 0. The minimum atomic E-state index is -3.15. The molecule has 1 rings (SSSR count). The maximum Gasteiger partial charge on any atom is 0.296 e. The molecule has 0 fully saturated rings. The van der Waals surface area contributed by atoms with Gasteiger partial charge < -0.3 is 0 Å². The third-order valence-electron chi connectivity index (χ3n) is 1.62. The molecule has 0 radical (unpaired) electrons. The van der Waals surface area contributed by atoms with E-state index >= 15 is 0 Å². The van der Waals surface area contributed by atoms with Crippen molar-refractivity contribution >= 4 is 5.78 Å². The quantitative estimate of drug-likeness (QED) is 0.693. The lowest BCUT2D eigenvalue weighted by atomic mass is 10.1. The van der Waals surface area contributed by atoms with Crippen LogP contribution in [0.3, 0.4) is 0 Å². The zero-order chi connectivity index (χ0) is 10.7. The molecule has 14 heavy (non-hydrogen) atoms. The highest BCUT2D eigenvalue weighted by molar-refractivity contribution is 5.83. The van der Waals surface area contributed by atoms with Gasteiger partial charge >= 0.3 is 0 Å². The van der Waals surface area contributed by atoms with Crippen molar-refractivity contribution in [3.63, 3.8) is 0 Å². The molecule has 0 atom stereocenters. The third kappa shape index (κ3) is 2.55. The van der Waals surface area contributed by atoms with Crippen LogP contribution in [0.4, 0.5) is 17.6 Å². The zero-order valence-electron chi connectivity index (χ0n) is 6.94. The molecule has 1 aromatic rings. The van der Waals surface area contributed by atoms with Gasteiger partial charge in [0, 0.05) is 6.42 Å². The van der Waals surface area contributed by atoms with Crippen LogP contribution in [0.2, 0.25) is 0 Å². The lowest BCUT2D eigenvalue weighted by Crippen LogP contribution is -2.13. The van der Waals surface area contributed by atoms with E-state index < -0.39 is 30.3 Å². The number of hydrogen-bond acceptors (Lipinski definition) is 1. The Morgan fingerprint density at radius 2 is 1.93 bits per heavy atom. The summed E-state index contributed by atoms with van der Waals surface area (Å²) < 4.78 is 48.9. The van der Waals surface area contributed by atoms with Gasteiger partial charge in [0.1, 0.15) is 11.6 Å². The van der Waals surface area contributed by atoms with E-state index in [9.17, 15) is 22.4 Å². The second-order valence-electron chi connectivity index (χ2n) is 2.68. The summed E-state index contributed by atoms with van der Waals surface area (Å²) in [5, 5.41) is 0. The molecule has 1 nitrogen and oxygen atoms in total. The molecule has 0 N–H and O–H groups in total. The first-order chi connectivity index (χ1) is 6.50. The molecule has 0 spiro atoms. The van der Waals surface area contributed by atoms with E-state index in [0.717, 1.165) is 18.2 Å². The van der Waals surface area contributed by atoms with Crippen LogP contribution in [0.5, 0.6) is 0 Å². The fraction of sp³-hybridized carbons (Fsp3) is 0.222. The largest absolute Gasteiger partial charge is 0.296 e. The van der Waals surface area contributed by atoms with Gasteiger partial charge in [-0.15, -0.1) is 0 Å². The molecule has 0 aliphatic rings. The van der Waals surface area contributed by atoms with Crippen molar-refractivity contribution in [1.82, 2.24) is 0 Å². The predicted molar refractivity (Wildman–Crippen MR) is 41.1 cm³/mol. The smallest absolute Gasteiger partial charge is 0.293 e. The first-order valence-corrected chi connectivity index (χ1v) is 3.75. The number of carbonyl (C=O) groups excluding carboxylic acids is 1. The molecule has 0 aliphatic heterocycles. The van der Waals surface area contributed by atoms with Crippen LogP contribution in [0, 0.1) is 11.6 Å². The Morgan fingerprint density at radius 3 is 2.50 bits per heavy atom. The predicted octanol–water partition coefficient (Wildman–Crippen LogP) is 2.34. The van der Waals surface area contributed by atoms with Gasteiger partial charge in [-0.1, -0.05) is 0 Å². The number of ketones is 1. The van der Waals surface area contributed by atoms with E-state index in [2.05, 4.69) is 0 Å². The third-order valence-corrected chi connectivity index (χ3v) is 1.62. The van der Waals surface area contributed by atoms with Gasteiger partial charge in [0.15, 0.2) is 0 Å². The number of halogens is 4. The lowest BCUT2D eigenvalue weighted by Gasteiger charge is -2.01. The van der Waals surface area contributed by atoms with Crippen molar-refractivity contribution in [1.29, 1.82) is 0 Å². The Balaban J connectivity index is 2.86. The van der Waals surface area contributed by atoms with Crippen molar-refractivity contribution in [2.24, 2.45) is 0 Å². The normalized spacial score (nSPS) is 10.6. The SMILES string of the molecule is O=C(Cc1cc(F)ccc1F)C(F)F. The maximum absolute atomic E-state index is 12.8. The van der Waals surface area contributed by atoms with Crippen molar-refractivity contribution in [2.45, 2.75) is 12.8 Å². The fourth-order valence-corrected chi connectivity index (χ4v) is 0.944. The number of benzene rings is 1. The first kappa shape index (κ1) is 10.7. The average Bonchev–Trinajstić information content (AvgIpc) is 2.11. The number of hydrogen-bond donors (Lipinski definition) is 0. The number of rotatable bonds is 3. The van der Waals surface area contributed by atoms with E-state index in [1.807, 2.05) is 0 Å². The number of alkyl halides is 2. The Bertz CT molecular complexity index is 349. The fourth-order valence-electron chi connectivity index (χ4n) is 0.944. The zero-order valence-corrected chi connectivity index (χ0v) is 6.94. The van der Waals surface area contributed by atoms with Crippen molar-refractivity contribution in [2.75, 3.05) is 0 Å². The monoisotopic (exact) mass is 206 g/mol. The molecule has 0 saturated carbocycles. The van der Waals surface area contributed by atoms with Crippen LogP contribution in [0.15, 0.2) is 18.2 Å². The highest BCUT2D eigenvalue weighted by Crippen LogP contribution is 2.12. The van der Waals surface area contributed by atoms with Crippen molar-refractivity contribution in [3.8, 4) is 0 Å². The molecule has 0 aromatic heterocycles. The topological polar surface area (TPSA) is 17.1 Å². The van der Waals surface area contributed by atoms with Gasteiger partial charge in [-0.25, -0.2) is 17.6 Å². The molecule has 0 bridgehead atoms. The van der Waals surface area contributed by atoms with Crippen LogP contribution in [0.1, 0.15) is 5.56 Å². The van der Waals surface area contributed by atoms with E-state index in [-0.39, 0.29) is 5.56 Å². The van der Waals surface area contributed by atoms with Gasteiger partial charge in [0.2, 0.25) is 5.78 Å². The lowest BCUT2D eigenvalue weighted by molar-refractivity contribution is -0.128. The minimum absolute atomic E-state index is 0.352. The highest BCUT2D eigenvalue weighted by Gasteiger charge is 2.17. The molecule has 1 aromatic carbocycles. The second kappa shape index (κ2) is 4.21. The van der Waals surface area contributed by atoms with Gasteiger partial charge in [-0.2, -0.15) is 0 Å². The average molecular weight is 206 g/mol. The number of Topliss-reactive ketones (excluding diaryl/α,β-unsaturated/α-hetero) is 1. The Hall–Kier alpha value is -1.39. The van der Waals surface area contributed by atoms with Crippen LogP contribution in [-0.2, 0) is 11.2 Å². The Kier molecular flexibility index (Phi) is 3.22. The minimum Gasteiger partial charge on any atom is -0.293 e. The molecule has 5 heteroatoms. The summed E-state index contributed by atoms with van der Waals surface area (Å²) >= 11 is 0. The Labute approximate surface area is 77.3 Å². The standard InChI is InChI=1S/C9H6F4O/c10-6-1-2-7(11)5(3-6)4-8(14)9(12)13/h1-3,9H,4H2. The van der Waals surface area contributed by atoms with E-state index in [0.29, 0.717) is 0 Å². The van der Waals surface area contributed by atoms with Crippen LogP contribution in [-0.4, -0.2) is 12.2 Å². The highest BCUT2D eigenvalue weighted by atomic mass is 19.3. The van der Waals surface area contributed by atoms with Gasteiger partial charge in [0.25, 0.3) is 6.43 Å². The molecule has 0 aliphatic carbocycles. The summed E-state index contributed by atoms with van der Waals surface area (Å²) in [4.78, 5) is 10.5. The second-order valence-corrected chi connectivity index (χ2v) is 2.68. The van der Waals surface area contributed by atoms with Crippen LogP contribution < -0.4 is 0 Å². The summed E-state index contributed by atoms with van der Waals surface area (Å²) in [6, 6.07) is 2.38. The van der Waals surface area contributed by atoms with Gasteiger partial charge in [-0.3, -0.25) is 4.79 Å².